The third-order valence-electron chi connectivity index (χ3n) is 2.77. The van der Waals surface area contributed by atoms with Crippen LogP contribution in [0.15, 0.2) is 11.4 Å². The number of thiophene rings is 1. The van der Waals surface area contributed by atoms with Gasteiger partial charge in [-0.05, 0) is 23.4 Å². The summed E-state index contributed by atoms with van der Waals surface area (Å²) in [6, 6.07) is 0.962. The maximum absolute atomic E-state index is 11.8. The lowest BCUT2D eigenvalue weighted by molar-refractivity contribution is -0.145. The normalized spacial score (nSPS) is 20.9. The summed E-state index contributed by atoms with van der Waals surface area (Å²) in [5.41, 5.74) is 0.749. The van der Waals surface area contributed by atoms with Crippen molar-refractivity contribution in [1.29, 1.82) is 0 Å². The Morgan fingerprint density at radius 3 is 2.88 bits per heavy atom. The minimum absolute atomic E-state index is 0.326. The Hall–Kier alpha value is -0.920. The number of nitrogens with zero attached hydrogens (tertiary/aromatic N) is 1. The monoisotopic (exact) mass is 275 g/mol. The molecule has 17 heavy (non-hydrogen) atoms. The molecule has 94 valence electrons. The zero-order chi connectivity index (χ0) is 12.6. The molecular weight excluding hydrogens is 262 g/mol. The topological polar surface area (TPSA) is 63.7 Å². The molecule has 1 aliphatic heterocycles. The van der Waals surface area contributed by atoms with E-state index in [1.165, 1.54) is 11.4 Å². The molecule has 0 saturated carbocycles. The highest BCUT2D eigenvalue weighted by atomic mass is 32.2. The van der Waals surface area contributed by atoms with E-state index in [2.05, 4.69) is 0 Å². The molecule has 0 N–H and O–H groups in total. The first kappa shape index (κ1) is 12.5. The summed E-state index contributed by atoms with van der Waals surface area (Å²) >= 11 is 1.54. The van der Waals surface area contributed by atoms with Gasteiger partial charge in [0.2, 0.25) is 10.0 Å². The first-order valence-electron chi connectivity index (χ1n) is 5.06. The minimum Gasteiger partial charge on any atom is -0.468 e. The maximum Gasteiger partial charge on any atom is 0.328 e. The Kier molecular flexibility index (Phi) is 3.24. The molecule has 0 aromatic carbocycles. The van der Waals surface area contributed by atoms with Gasteiger partial charge in [-0.25, -0.2) is 13.2 Å². The molecule has 1 aliphatic rings. The highest BCUT2D eigenvalue weighted by Crippen LogP contribution is 2.35. The number of methoxy groups -OCH3 is 1. The Labute approximate surface area is 104 Å². The van der Waals surface area contributed by atoms with Crippen LogP contribution in [0.25, 0.3) is 0 Å². The number of ether oxygens (including phenoxy) is 1. The number of carbonyl (C=O) groups excluding carboxylic acids is 1. The molecule has 2 rings (SSSR count). The van der Waals surface area contributed by atoms with Gasteiger partial charge in [0.25, 0.3) is 0 Å². The third kappa shape index (κ3) is 2.22. The van der Waals surface area contributed by atoms with E-state index in [1.54, 1.807) is 17.4 Å². The number of sulfonamides is 1. The largest absolute Gasteiger partial charge is 0.468 e. The fourth-order valence-electron chi connectivity index (χ4n) is 2.01. The van der Waals surface area contributed by atoms with Crippen molar-refractivity contribution in [3.05, 3.63) is 21.9 Å². The van der Waals surface area contributed by atoms with Gasteiger partial charge in [-0.1, -0.05) is 0 Å². The van der Waals surface area contributed by atoms with Crippen LogP contribution in [0.2, 0.25) is 0 Å². The van der Waals surface area contributed by atoms with Gasteiger partial charge in [0.15, 0.2) is 0 Å². The van der Waals surface area contributed by atoms with E-state index in [-0.39, 0.29) is 0 Å². The molecule has 1 unspecified atom stereocenters. The molecule has 7 heteroatoms. The van der Waals surface area contributed by atoms with Crippen LogP contribution >= 0.6 is 11.3 Å². The Balaban J connectivity index is 2.49. The van der Waals surface area contributed by atoms with Crippen LogP contribution in [-0.4, -0.2) is 38.6 Å². The van der Waals surface area contributed by atoms with Crippen LogP contribution in [0.5, 0.6) is 0 Å². The number of hydrogen-bond donors (Lipinski definition) is 0. The second-order valence-corrected chi connectivity index (χ2v) is 6.78. The van der Waals surface area contributed by atoms with Crippen molar-refractivity contribution >= 4 is 27.3 Å². The maximum atomic E-state index is 11.8. The number of hydrogen-bond acceptors (Lipinski definition) is 5. The van der Waals surface area contributed by atoms with Gasteiger partial charge < -0.3 is 4.74 Å². The van der Waals surface area contributed by atoms with Crippen LogP contribution in [0.4, 0.5) is 0 Å². The molecule has 1 aromatic heterocycles. The molecular formula is C10H13NO4S2. The molecule has 1 aromatic rings. The van der Waals surface area contributed by atoms with Crippen molar-refractivity contribution in [2.45, 2.75) is 12.5 Å². The summed E-state index contributed by atoms with van der Waals surface area (Å²) in [5, 5.41) is 1.87. The summed E-state index contributed by atoms with van der Waals surface area (Å²) in [4.78, 5) is 12.8. The van der Waals surface area contributed by atoms with Crippen molar-refractivity contribution < 1.29 is 17.9 Å². The predicted molar refractivity (Wildman–Crippen MR) is 64.3 cm³/mol. The molecule has 1 atom stereocenters. The molecule has 0 amide bonds. The lowest BCUT2D eigenvalue weighted by Gasteiger charge is -2.31. The zero-order valence-electron chi connectivity index (χ0n) is 9.54. The average Bonchev–Trinajstić information content (AvgIpc) is 2.73. The highest BCUT2D eigenvalue weighted by molar-refractivity contribution is 7.88. The summed E-state index contributed by atoms with van der Waals surface area (Å²) in [5.74, 6) is -0.533. The summed E-state index contributed by atoms with van der Waals surface area (Å²) < 4.78 is 29.2. The Bertz CT molecular complexity index is 534. The zero-order valence-corrected chi connectivity index (χ0v) is 11.2. The highest BCUT2D eigenvalue weighted by Gasteiger charge is 2.39. The van der Waals surface area contributed by atoms with Gasteiger partial charge >= 0.3 is 5.97 Å². The molecule has 0 fully saturated rings. The second kappa shape index (κ2) is 4.40. The van der Waals surface area contributed by atoms with Crippen LogP contribution < -0.4 is 0 Å². The van der Waals surface area contributed by atoms with Gasteiger partial charge in [0.1, 0.15) is 6.04 Å². The molecule has 0 spiro atoms. The van der Waals surface area contributed by atoms with Crippen molar-refractivity contribution in [1.82, 2.24) is 4.31 Å². The molecule has 0 aliphatic carbocycles. The van der Waals surface area contributed by atoms with Crippen LogP contribution in [-0.2, 0) is 26.0 Å². The lowest BCUT2D eigenvalue weighted by atomic mass is 10.0. The standard InChI is InChI=1S/C10H13NO4S2/c1-15-10(12)9-7-4-6-16-8(7)3-5-11(9)17(2,13)14/h4,6,9H,3,5H2,1-2H3. The summed E-state index contributed by atoms with van der Waals surface area (Å²) in [7, 11) is -2.15. The first-order valence-corrected chi connectivity index (χ1v) is 7.79. The van der Waals surface area contributed by atoms with Crippen molar-refractivity contribution in [3.63, 3.8) is 0 Å². The quantitative estimate of drug-likeness (QED) is 0.748. The van der Waals surface area contributed by atoms with Gasteiger partial charge in [-0.3, -0.25) is 0 Å². The summed E-state index contributed by atoms with van der Waals surface area (Å²) in [6.07, 6.45) is 1.76. The lowest BCUT2D eigenvalue weighted by Crippen LogP contribution is -2.42. The van der Waals surface area contributed by atoms with Gasteiger partial charge in [0, 0.05) is 11.4 Å². The third-order valence-corrected chi connectivity index (χ3v) is 5.01. The molecule has 0 bridgehead atoms. The van der Waals surface area contributed by atoms with Crippen molar-refractivity contribution in [2.24, 2.45) is 0 Å². The fraction of sp³-hybridized carbons (Fsp3) is 0.500. The van der Waals surface area contributed by atoms with E-state index in [0.29, 0.717) is 13.0 Å². The van der Waals surface area contributed by atoms with Crippen LogP contribution in [0, 0.1) is 0 Å². The van der Waals surface area contributed by atoms with Gasteiger partial charge in [0.05, 0.1) is 13.4 Å². The van der Waals surface area contributed by atoms with E-state index < -0.39 is 22.0 Å². The Morgan fingerprint density at radius 1 is 1.59 bits per heavy atom. The fourth-order valence-corrected chi connectivity index (χ4v) is 3.92. The first-order chi connectivity index (χ1) is 7.95. The van der Waals surface area contributed by atoms with E-state index in [0.717, 1.165) is 16.7 Å². The van der Waals surface area contributed by atoms with E-state index in [9.17, 15) is 13.2 Å². The molecule has 0 radical (unpaired) electrons. The van der Waals surface area contributed by atoms with Gasteiger partial charge in [-0.15, -0.1) is 11.3 Å². The Morgan fingerprint density at radius 2 is 2.29 bits per heavy atom. The van der Waals surface area contributed by atoms with Crippen molar-refractivity contribution in [3.8, 4) is 0 Å². The number of fused-ring (bicyclic) bond motifs is 1. The van der Waals surface area contributed by atoms with Crippen LogP contribution in [0.3, 0.4) is 0 Å². The second-order valence-electron chi connectivity index (χ2n) is 3.85. The van der Waals surface area contributed by atoms with Crippen LogP contribution in [0.1, 0.15) is 16.5 Å². The number of esters is 1. The average molecular weight is 275 g/mol. The smallest absolute Gasteiger partial charge is 0.328 e. The summed E-state index contributed by atoms with van der Waals surface area (Å²) in [6.45, 7) is 0.326. The van der Waals surface area contributed by atoms with Gasteiger partial charge in [-0.2, -0.15) is 4.31 Å². The van der Waals surface area contributed by atoms with E-state index in [1.807, 2.05) is 5.38 Å². The molecule has 2 heterocycles. The number of carbonyl (C=O) groups is 1. The molecule has 5 nitrogen and oxygen atoms in total. The number of rotatable bonds is 2. The SMILES string of the molecule is COC(=O)C1c2ccsc2CCN1S(C)(=O)=O. The van der Waals surface area contributed by atoms with E-state index in [4.69, 9.17) is 4.74 Å². The van der Waals surface area contributed by atoms with E-state index >= 15 is 0 Å². The van der Waals surface area contributed by atoms with Crippen molar-refractivity contribution in [2.75, 3.05) is 19.9 Å². The predicted octanol–water partition coefficient (Wildman–Crippen LogP) is 0.780. The molecule has 0 saturated heterocycles. The minimum atomic E-state index is -3.41.